The monoisotopic (exact) mass is 166 g/mol. The van der Waals surface area contributed by atoms with Crippen LogP contribution in [-0.2, 0) is 0 Å². The summed E-state index contributed by atoms with van der Waals surface area (Å²) in [6, 6.07) is 0. The second kappa shape index (κ2) is 3.05. The highest BCUT2D eigenvalue weighted by molar-refractivity contribution is 4.90. The van der Waals surface area contributed by atoms with Crippen LogP contribution in [0.15, 0.2) is 0 Å². The molecule has 0 aromatic heterocycles. The zero-order valence-corrected chi connectivity index (χ0v) is 8.60. The molecule has 0 aliphatic heterocycles. The molecule has 2 aliphatic rings. The first-order chi connectivity index (χ1) is 5.72. The number of fused-ring (bicyclic) bond motifs is 2. The highest BCUT2D eigenvalue weighted by atomic mass is 14.4. The molecule has 0 radical (unpaired) electrons. The Balaban J connectivity index is 2.18. The molecule has 2 bridgehead atoms. The normalized spacial score (nSPS) is 48.5. The van der Waals surface area contributed by atoms with Crippen molar-refractivity contribution in [2.24, 2.45) is 17.3 Å². The minimum absolute atomic E-state index is 0.722. The maximum Gasteiger partial charge on any atom is -0.0298 e. The van der Waals surface area contributed by atoms with Gasteiger partial charge in [0.15, 0.2) is 0 Å². The largest absolute Gasteiger partial charge is 0.0617 e. The summed E-state index contributed by atoms with van der Waals surface area (Å²) in [5.41, 5.74) is 0.722. The standard InChI is InChI=1S/C12H22/c1-10-11-6-3-4-8-12(10,2)9-5-7-11/h10-11H,3-9H2,1-2H3. The lowest BCUT2D eigenvalue weighted by Crippen LogP contribution is -2.33. The third-order valence-electron chi connectivity index (χ3n) is 4.70. The molecule has 0 heteroatoms. The molecule has 3 unspecified atom stereocenters. The average molecular weight is 166 g/mol. The molecular weight excluding hydrogens is 144 g/mol. The fourth-order valence-electron chi connectivity index (χ4n) is 3.50. The molecule has 0 aromatic rings. The SMILES string of the molecule is CC1C2CCCCC1(C)CCC2. The zero-order valence-electron chi connectivity index (χ0n) is 8.60. The highest BCUT2D eigenvalue weighted by Gasteiger charge is 2.39. The molecule has 0 saturated heterocycles. The fraction of sp³-hybridized carbons (Fsp3) is 1.00. The smallest absolute Gasteiger partial charge is 0.0298 e. The van der Waals surface area contributed by atoms with E-state index in [1.165, 1.54) is 44.9 Å². The van der Waals surface area contributed by atoms with Crippen LogP contribution in [0.1, 0.15) is 58.8 Å². The summed E-state index contributed by atoms with van der Waals surface area (Å²) in [5.74, 6) is 2.08. The lowest BCUT2D eigenvalue weighted by molar-refractivity contribution is 0.0750. The predicted molar refractivity (Wildman–Crippen MR) is 53.1 cm³/mol. The van der Waals surface area contributed by atoms with Crippen LogP contribution in [0.2, 0.25) is 0 Å². The minimum atomic E-state index is 0.722. The lowest BCUT2D eigenvalue weighted by atomic mass is 9.63. The van der Waals surface area contributed by atoms with Gasteiger partial charge in [-0.25, -0.2) is 0 Å². The van der Waals surface area contributed by atoms with E-state index in [9.17, 15) is 0 Å². The van der Waals surface area contributed by atoms with E-state index in [2.05, 4.69) is 13.8 Å². The Kier molecular flexibility index (Phi) is 2.18. The molecule has 3 atom stereocenters. The van der Waals surface area contributed by atoms with Crippen LogP contribution in [0.3, 0.4) is 0 Å². The van der Waals surface area contributed by atoms with Crippen molar-refractivity contribution in [1.29, 1.82) is 0 Å². The fourth-order valence-corrected chi connectivity index (χ4v) is 3.50. The Morgan fingerprint density at radius 1 is 1.00 bits per heavy atom. The van der Waals surface area contributed by atoms with Gasteiger partial charge in [0.05, 0.1) is 0 Å². The number of rotatable bonds is 0. The predicted octanol–water partition coefficient (Wildman–Crippen LogP) is 4.00. The maximum atomic E-state index is 2.54. The second-order valence-electron chi connectivity index (χ2n) is 5.34. The quantitative estimate of drug-likeness (QED) is 0.510. The van der Waals surface area contributed by atoms with E-state index < -0.39 is 0 Å². The first kappa shape index (κ1) is 8.59. The van der Waals surface area contributed by atoms with E-state index in [1.54, 1.807) is 0 Å². The average Bonchev–Trinajstić information content (AvgIpc) is 2.18. The summed E-state index contributed by atoms with van der Waals surface area (Å²) < 4.78 is 0. The number of hydrogen-bond acceptors (Lipinski definition) is 0. The Labute approximate surface area is 76.7 Å². The summed E-state index contributed by atoms with van der Waals surface area (Å²) in [6.45, 7) is 5.05. The third-order valence-corrected chi connectivity index (χ3v) is 4.70. The third kappa shape index (κ3) is 1.30. The van der Waals surface area contributed by atoms with Gasteiger partial charge >= 0.3 is 0 Å². The van der Waals surface area contributed by atoms with Gasteiger partial charge in [-0.15, -0.1) is 0 Å². The number of hydrogen-bond donors (Lipinski definition) is 0. The molecule has 2 fully saturated rings. The molecule has 70 valence electrons. The maximum absolute atomic E-state index is 2.54. The zero-order chi connectivity index (χ0) is 8.60. The van der Waals surface area contributed by atoms with Gasteiger partial charge in [-0.05, 0) is 30.1 Å². The van der Waals surface area contributed by atoms with E-state index in [-0.39, 0.29) is 0 Å². The topological polar surface area (TPSA) is 0 Å². The molecular formula is C12H22. The van der Waals surface area contributed by atoms with Crippen LogP contribution < -0.4 is 0 Å². The summed E-state index contributed by atoms with van der Waals surface area (Å²) in [6.07, 6.45) is 10.6. The highest BCUT2D eigenvalue weighted by Crippen LogP contribution is 2.50. The van der Waals surface area contributed by atoms with Crippen molar-refractivity contribution in [2.45, 2.75) is 58.8 Å². The molecule has 0 spiro atoms. The van der Waals surface area contributed by atoms with Gasteiger partial charge in [0.2, 0.25) is 0 Å². The van der Waals surface area contributed by atoms with Gasteiger partial charge in [0.1, 0.15) is 0 Å². The van der Waals surface area contributed by atoms with Crippen LogP contribution in [0.4, 0.5) is 0 Å². The van der Waals surface area contributed by atoms with Crippen LogP contribution in [-0.4, -0.2) is 0 Å². The first-order valence-electron chi connectivity index (χ1n) is 5.72. The lowest BCUT2D eigenvalue weighted by Gasteiger charge is -2.43. The van der Waals surface area contributed by atoms with E-state index >= 15 is 0 Å². The van der Waals surface area contributed by atoms with Crippen molar-refractivity contribution in [2.75, 3.05) is 0 Å². The van der Waals surface area contributed by atoms with Crippen LogP contribution in [0.25, 0.3) is 0 Å². The molecule has 0 N–H and O–H groups in total. The Morgan fingerprint density at radius 2 is 1.67 bits per heavy atom. The molecule has 0 heterocycles. The molecule has 0 amide bonds. The van der Waals surface area contributed by atoms with Crippen molar-refractivity contribution < 1.29 is 0 Å². The van der Waals surface area contributed by atoms with E-state index in [0.717, 1.165) is 17.3 Å². The van der Waals surface area contributed by atoms with Crippen molar-refractivity contribution >= 4 is 0 Å². The van der Waals surface area contributed by atoms with Gasteiger partial charge in [0.25, 0.3) is 0 Å². The molecule has 0 nitrogen and oxygen atoms in total. The van der Waals surface area contributed by atoms with Gasteiger partial charge < -0.3 is 0 Å². The summed E-state index contributed by atoms with van der Waals surface area (Å²) >= 11 is 0. The summed E-state index contributed by atoms with van der Waals surface area (Å²) in [4.78, 5) is 0. The van der Waals surface area contributed by atoms with Gasteiger partial charge in [0, 0.05) is 0 Å². The minimum Gasteiger partial charge on any atom is -0.0617 e. The molecule has 2 saturated carbocycles. The Bertz CT molecular complexity index is 161. The van der Waals surface area contributed by atoms with Crippen LogP contribution >= 0.6 is 0 Å². The van der Waals surface area contributed by atoms with E-state index in [4.69, 9.17) is 0 Å². The van der Waals surface area contributed by atoms with Crippen molar-refractivity contribution in [3.8, 4) is 0 Å². The summed E-state index contributed by atoms with van der Waals surface area (Å²) in [5, 5.41) is 0. The van der Waals surface area contributed by atoms with E-state index in [1.807, 2.05) is 0 Å². The van der Waals surface area contributed by atoms with Gasteiger partial charge in [-0.3, -0.25) is 0 Å². The summed E-state index contributed by atoms with van der Waals surface area (Å²) in [7, 11) is 0. The van der Waals surface area contributed by atoms with Crippen molar-refractivity contribution in [3.63, 3.8) is 0 Å². The molecule has 12 heavy (non-hydrogen) atoms. The van der Waals surface area contributed by atoms with Gasteiger partial charge in [-0.2, -0.15) is 0 Å². The van der Waals surface area contributed by atoms with Gasteiger partial charge in [-0.1, -0.05) is 46.0 Å². The molecule has 2 aliphatic carbocycles. The first-order valence-corrected chi connectivity index (χ1v) is 5.72. The van der Waals surface area contributed by atoms with Crippen molar-refractivity contribution in [1.82, 2.24) is 0 Å². The van der Waals surface area contributed by atoms with Crippen LogP contribution in [0, 0.1) is 17.3 Å². The van der Waals surface area contributed by atoms with E-state index in [0.29, 0.717) is 0 Å². The Hall–Kier alpha value is 0. The molecule has 0 aromatic carbocycles. The second-order valence-corrected chi connectivity index (χ2v) is 5.34. The molecule has 2 rings (SSSR count). The van der Waals surface area contributed by atoms with Crippen LogP contribution in [0.5, 0.6) is 0 Å². The van der Waals surface area contributed by atoms with Crippen molar-refractivity contribution in [3.05, 3.63) is 0 Å². The Morgan fingerprint density at radius 3 is 2.50 bits per heavy atom.